The minimum Gasteiger partial charge on any atom is -0.350 e. The van der Waals surface area contributed by atoms with E-state index in [4.69, 9.17) is 0 Å². The third kappa shape index (κ3) is 4.08. The molecular formula is C16H18N2O3S. The molecule has 0 bridgehead atoms. The lowest BCUT2D eigenvalue weighted by Crippen LogP contribution is -2.30. The number of rotatable bonds is 5. The second-order valence-electron chi connectivity index (χ2n) is 5.13. The predicted molar refractivity (Wildman–Crippen MR) is 86.3 cm³/mol. The van der Waals surface area contributed by atoms with Gasteiger partial charge in [0, 0.05) is 17.3 Å². The van der Waals surface area contributed by atoms with E-state index in [2.05, 4.69) is 10.0 Å². The number of benzene rings is 2. The monoisotopic (exact) mass is 318 g/mol. The quantitative estimate of drug-likeness (QED) is 0.890. The van der Waals surface area contributed by atoms with Gasteiger partial charge in [-0.1, -0.05) is 24.3 Å². The summed E-state index contributed by atoms with van der Waals surface area (Å²) in [7, 11) is -3.66. The fourth-order valence-electron chi connectivity index (χ4n) is 1.88. The first kappa shape index (κ1) is 16.0. The molecule has 0 fully saturated rings. The molecule has 1 amide bonds. The number of nitrogens with one attached hydrogen (secondary N) is 2. The van der Waals surface area contributed by atoms with Gasteiger partial charge >= 0.3 is 0 Å². The van der Waals surface area contributed by atoms with E-state index in [9.17, 15) is 13.2 Å². The van der Waals surface area contributed by atoms with Gasteiger partial charge in [-0.25, -0.2) is 8.42 Å². The van der Waals surface area contributed by atoms with E-state index in [1.165, 1.54) is 18.2 Å². The minimum absolute atomic E-state index is 0.0113. The maximum atomic E-state index is 12.2. The number of hydrogen-bond acceptors (Lipinski definition) is 3. The lowest BCUT2D eigenvalue weighted by molar-refractivity contribution is 0.0943. The molecule has 0 aliphatic heterocycles. The van der Waals surface area contributed by atoms with Crippen LogP contribution in [0.3, 0.4) is 0 Å². The highest BCUT2D eigenvalue weighted by Crippen LogP contribution is 2.17. The fraction of sp³-hybridized carbons (Fsp3) is 0.188. The zero-order valence-corrected chi connectivity index (χ0v) is 13.2. The molecule has 2 N–H and O–H groups in total. The van der Waals surface area contributed by atoms with Gasteiger partial charge in [0.25, 0.3) is 15.9 Å². The number of hydrogen-bond donors (Lipinski definition) is 2. The molecule has 2 aromatic carbocycles. The van der Waals surface area contributed by atoms with Crippen molar-refractivity contribution in [3.8, 4) is 0 Å². The molecule has 6 heteroatoms. The van der Waals surface area contributed by atoms with Gasteiger partial charge in [-0.3, -0.25) is 9.52 Å². The van der Waals surface area contributed by atoms with Crippen molar-refractivity contribution in [2.75, 3.05) is 4.72 Å². The highest BCUT2D eigenvalue weighted by molar-refractivity contribution is 7.92. The van der Waals surface area contributed by atoms with Gasteiger partial charge < -0.3 is 5.32 Å². The Bertz CT molecular complexity index is 756. The summed E-state index contributed by atoms with van der Waals surface area (Å²) in [6.45, 7) is 3.72. The van der Waals surface area contributed by atoms with Crippen LogP contribution in [0.5, 0.6) is 0 Å². The van der Waals surface area contributed by atoms with Crippen molar-refractivity contribution >= 4 is 21.6 Å². The summed E-state index contributed by atoms with van der Waals surface area (Å²) >= 11 is 0. The summed E-state index contributed by atoms with van der Waals surface area (Å²) in [6.07, 6.45) is 0. The molecule has 0 aliphatic rings. The number of carbonyl (C=O) groups is 1. The maximum Gasteiger partial charge on any atom is 0.261 e. The maximum absolute atomic E-state index is 12.2. The van der Waals surface area contributed by atoms with Gasteiger partial charge in [-0.2, -0.15) is 0 Å². The molecule has 0 heterocycles. The van der Waals surface area contributed by atoms with Crippen molar-refractivity contribution in [1.29, 1.82) is 0 Å². The molecule has 0 aromatic heterocycles. The average molecular weight is 318 g/mol. The van der Waals surface area contributed by atoms with Gasteiger partial charge in [-0.05, 0) is 44.2 Å². The second-order valence-corrected chi connectivity index (χ2v) is 6.81. The summed E-state index contributed by atoms with van der Waals surface area (Å²) in [5, 5.41) is 2.76. The standard InChI is InChI=1S/C16H18N2O3S/c1-12(2)17-16(19)13-7-6-8-14(11-13)18-22(20,21)15-9-4-3-5-10-15/h3-12,18H,1-2H3,(H,17,19). The number of sulfonamides is 1. The average Bonchev–Trinajstić information content (AvgIpc) is 2.47. The van der Waals surface area contributed by atoms with E-state index < -0.39 is 10.0 Å². The molecule has 0 spiro atoms. The summed E-state index contributed by atoms with van der Waals surface area (Å²) < 4.78 is 27.0. The van der Waals surface area contributed by atoms with Crippen molar-refractivity contribution in [2.24, 2.45) is 0 Å². The van der Waals surface area contributed by atoms with E-state index in [1.54, 1.807) is 36.4 Å². The number of carbonyl (C=O) groups excluding carboxylic acids is 1. The zero-order valence-electron chi connectivity index (χ0n) is 12.4. The Balaban J connectivity index is 2.22. The van der Waals surface area contributed by atoms with Crippen LogP contribution in [-0.2, 0) is 10.0 Å². The molecule has 0 saturated carbocycles. The second kappa shape index (κ2) is 6.62. The molecule has 2 rings (SSSR count). The molecule has 0 unspecified atom stereocenters. The van der Waals surface area contributed by atoms with E-state index in [1.807, 2.05) is 13.8 Å². The summed E-state index contributed by atoms with van der Waals surface area (Å²) in [4.78, 5) is 12.1. The summed E-state index contributed by atoms with van der Waals surface area (Å²) in [5.74, 6) is -0.240. The largest absolute Gasteiger partial charge is 0.350 e. The van der Waals surface area contributed by atoms with Crippen LogP contribution in [0.15, 0.2) is 59.5 Å². The molecule has 5 nitrogen and oxygen atoms in total. The first-order valence-electron chi connectivity index (χ1n) is 6.87. The first-order valence-corrected chi connectivity index (χ1v) is 8.35. The van der Waals surface area contributed by atoms with Crippen LogP contribution in [0, 0.1) is 0 Å². The van der Waals surface area contributed by atoms with Crippen molar-refractivity contribution in [2.45, 2.75) is 24.8 Å². The Hall–Kier alpha value is -2.34. The van der Waals surface area contributed by atoms with E-state index in [0.717, 1.165) is 0 Å². The van der Waals surface area contributed by atoms with Crippen LogP contribution in [-0.4, -0.2) is 20.4 Å². The molecule has 116 valence electrons. The molecule has 2 aromatic rings. The van der Waals surface area contributed by atoms with Crippen molar-refractivity contribution in [1.82, 2.24) is 5.32 Å². The number of anilines is 1. The Kier molecular flexibility index (Phi) is 4.82. The van der Waals surface area contributed by atoms with Gasteiger partial charge in [-0.15, -0.1) is 0 Å². The summed E-state index contributed by atoms with van der Waals surface area (Å²) in [6, 6.07) is 14.5. The number of amides is 1. The van der Waals surface area contributed by atoms with Crippen LogP contribution < -0.4 is 10.0 Å². The Morgan fingerprint density at radius 2 is 1.68 bits per heavy atom. The first-order chi connectivity index (χ1) is 10.4. The van der Waals surface area contributed by atoms with E-state index >= 15 is 0 Å². The smallest absolute Gasteiger partial charge is 0.261 e. The zero-order chi connectivity index (χ0) is 16.2. The highest BCUT2D eigenvalue weighted by atomic mass is 32.2. The summed E-state index contributed by atoms with van der Waals surface area (Å²) in [5.41, 5.74) is 0.752. The van der Waals surface area contributed by atoms with Crippen LogP contribution in [0.2, 0.25) is 0 Å². The van der Waals surface area contributed by atoms with Crippen LogP contribution >= 0.6 is 0 Å². The van der Waals surface area contributed by atoms with Gasteiger partial charge in [0.15, 0.2) is 0 Å². The highest BCUT2D eigenvalue weighted by Gasteiger charge is 2.14. The third-order valence-corrected chi connectivity index (χ3v) is 4.25. The predicted octanol–water partition coefficient (Wildman–Crippen LogP) is 2.63. The fourth-order valence-corrected chi connectivity index (χ4v) is 2.95. The van der Waals surface area contributed by atoms with Gasteiger partial charge in [0.05, 0.1) is 4.90 Å². The Morgan fingerprint density at radius 3 is 2.32 bits per heavy atom. The van der Waals surface area contributed by atoms with Crippen LogP contribution in [0.4, 0.5) is 5.69 Å². The molecule has 22 heavy (non-hydrogen) atoms. The van der Waals surface area contributed by atoms with Crippen LogP contribution in [0.1, 0.15) is 24.2 Å². The van der Waals surface area contributed by atoms with Crippen molar-refractivity contribution < 1.29 is 13.2 Å². The molecule has 0 radical (unpaired) electrons. The Labute approximate surface area is 130 Å². The van der Waals surface area contributed by atoms with Crippen molar-refractivity contribution in [3.05, 3.63) is 60.2 Å². The van der Waals surface area contributed by atoms with Crippen molar-refractivity contribution in [3.63, 3.8) is 0 Å². The lowest BCUT2D eigenvalue weighted by Gasteiger charge is -2.11. The topological polar surface area (TPSA) is 75.3 Å². The minimum atomic E-state index is -3.66. The molecule has 0 saturated heterocycles. The molecule has 0 atom stereocenters. The van der Waals surface area contributed by atoms with Crippen LogP contribution in [0.25, 0.3) is 0 Å². The Morgan fingerprint density at radius 1 is 1.00 bits per heavy atom. The lowest BCUT2D eigenvalue weighted by atomic mass is 10.2. The van der Waals surface area contributed by atoms with E-state index in [0.29, 0.717) is 11.3 Å². The van der Waals surface area contributed by atoms with Gasteiger partial charge in [0.1, 0.15) is 0 Å². The molecule has 0 aliphatic carbocycles. The molecular weight excluding hydrogens is 300 g/mol. The third-order valence-electron chi connectivity index (χ3n) is 2.85. The SMILES string of the molecule is CC(C)NC(=O)c1cccc(NS(=O)(=O)c2ccccc2)c1. The van der Waals surface area contributed by atoms with E-state index in [-0.39, 0.29) is 16.8 Å². The van der Waals surface area contributed by atoms with Gasteiger partial charge in [0.2, 0.25) is 0 Å². The normalized spacial score (nSPS) is 11.2.